The highest BCUT2D eigenvalue weighted by molar-refractivity contribution is 7.87. The van der Waals surface area contributed by atoms with Crippen LogP contribution in [0.25, 0.3) is 0 Å². The van der Waals surface area contributed by atoms with Gasteiger partial charge in [0, 0.05) is 16.7 Å². The van der Waals surface area contributed by atoms with Gasteiger partial charge in [-0.2, -0.15) is 8.42 Å². The number of benzene rings is 2. The van der Waals surface area contributed by atoms with Crippen LogP contribution in [0, 0.1) is 5.92 Å². The Hall–Kier alpha value is -3.27. The number of hydrogen-bond acceptors (Lipinski definition) is 7. The molecule has 0 amide bonds. The molecule has 0 bridgehead atoms. The minimum absolute atomic E-state index is 0.0268. The topological polar surface area (TPSA) is 144 Å². The van der Waals surface area contributed by atoms with Gasteiger partial charge in [0.15, 0.2) is 16.3 Å². The highest BCUT2D eigenvalue weighted by Crippen LogP contribution is 2.48. The summed E-state index contributed by atoms with van der Waals surface area (Å²) in [6.45, 7) is 0. The van der Waals surface area contributed by atoms with Gasteiger partial charge in [-0.15, -0.1) is 0 Å². The molecule has 8 nitrogen and oxygen atoms in total. The van der Waals surface area contributed by atoms with E-state index in [1.165, 1.54) is 30.4 Å². The third-order valence-electron chi connectivity index (χ3n) is 7.31. The van der Waals surface area contributed by atoms with Gasteiger partial charge < -0.3 is 9.84 Å². The van der Waals surface area contributed by atoms with Crippen LogP contribution in [-0.2, 0) is 10.1 Å². The van der Waals surface area contributed by atoms with Crippen LogP contribution in [0.3, 0.4) is 0 Å². The van der Waals surface area contributed by atoms with Crippen molar-refractivity contribution in [3.05, 3.63) is 88.7 Å². The Morgan fingerprint density at radius 2 is 1.54 bits per heavy atom. The molecular weight excluding hydrogens is 470 g/mol. The number of carbonyl (C=O) groups is 2. The van der Waals surface area contributed by atoms with E-state index in [-0.39, 0.29) is 39.5 Å². The Morgan fingerprint density at radius 1 is 0.914 bits per heavy atom. The second-order valence-electron chi connectivity index (χ2n) is 9.28. The van der Waals surface area contributed by atoms with Crippen molar-refractivity contribution in [2.45, 2.75) is 42.6 Å². The van der Waals surface area contributed by atoms with Crippen molar-refractivity contribution in [3.63, 3.8) is 0 Å². The Kier molecular flexibility index (Phi) is 5.47. The summed E-state index contributed by atoms with van der Waals surface area (Å²) >= 11 is 0. The zero-order valence-electron chi connectivity index (χ0n) is 18.8. The molecule has 0 aromatic heterocycles. The molecule has 0 radical (unpaired) electrons. The van der Waals surface area contributed by atoms with E-state index in [1.807, 2.05) is 0 Å². The van der Waals surface area contributed by atoms with Gasteiger partial charge in [-0.1, -0.05) is 55.7 Å². The lowest BCUT2D eigenvalue weighted by molar-refractivity contribution is 0.0490. The summed E-state index contributed by atoms with van der Waals surface area (Å²) in [6.07, 6.45) is 6.66. The second kappa shape index (κ2) is 8.15. The molecule has 0 spiro atoms. The summed E-state index contributed by atoms with van der Waals surface area (Å²) in [7, 11) is -4.93. The van der Waals surface area contributed by atoms with Crippen molar-refractivity contribution in [1.29, 1.82) is 0 Å². The van der Waals surface area contributed by atoms with Crippen molar-refractivity contribution in [3.8, 4) is 5.75 Å². The van der Waals surface area contributed by atoms with Crippen molar-refractivity contribution < 1.29 is 32.4 Å². The number of aliphatic hydroxyl groups is 1. The monoisotopic (exact) mass is 495 g/mol. The summed E-state index contributed by atoms with van der Waals surface area (Å²) in [6, 6.07) is 10.9. The molecule has 0 aliphatic heterocycles. The van der Waals surface area contributed by atoms with Gasteiger partial charge >= 0.3 is 0 Å². The lowest BCUT2D eigenvalue weighted by Gasteiger charge is -2.49. The quantitative estimate of drug-likeness (QED) is 0.367. The van der Waals surface area contributed by atoms with E-state index in [0.29, 0.717) is 12.8 Å². The molecule has 9 heteroatoms. The first kappa shape index (κ1) is 23.5. The smallest absolute Gasteiger partial charge is 0.280 e. The van der Waals surface area contributed by atoms with Gasteiger partial charge in [-0.3, -0.25) is 19.9 Å². The fourth-order valence-electron chi connectivity index (χ4n) is 5.67. The molecule has 1 saturated carbocycles. The van der Waals surface area contributed by atoms with E-state index in [0.717, 1.165) is 25.3 Å². The molecule has 35 heavy (non-hydrogen) atoms. The molecule has 5 rings (SSSR count). The maximum absolute atomic E-state index is 13.4. The van der Waals surface area contributed by atoms with Crippen LogP contribution in [0.4, 0.5) is 0 Å². The zero-order chi connectivity index (χ0) is 25.0. The molecule has 4 N–H and O–H groups in total. The maximum Gasteiger partial charge on any atom is 0.280 e. The molecule has 0 heterocycles. The van der Waals surface area contributed by atoms with Crippen LogP contribution in [0.1, 0.15) is 63.9 Å². The molecular formula is C26H25NO7S. The number of fused-ring (bicyclic) bond motifs is 2. The number of carbonyl (C=O) groups excluding carboxylic acids is 2. The van der Waals surface area contributed by atoms with E-state index < -0.39 is 32.3 Å². The van der Waals surface area contributed by atoms with Gasteiger partial charge in [0.05, 0.1) is 5.56 Å². The Morgan fingerprint density at radius 3 is 2.20 bits per heavy atom. The van der Waals surface area contributed by atoms with Crippen LogP contribution in [0.2, 0.25) is 0 Å². The molecule has 2 aromatic rings. The van der Waals surface area contributed by atoms with Crippen LogP contribution in [0.15, 0.2) is 66.5 Å². The van der Waals surface area contributed by atoms with Gasteiger partial charge in [0.25, 0.3) is 10.1 Å². The zero-order valence-corrected chi connectivity index (χ0v) is 19.6. The largest absolute Gasteiger partial charge is 0.508 e. The first-order valence-electron chi connectivity index (χ1n) is 11.5. The normalized spacial score (nSPS) is 26.6. The third kappa shape index (κ3) is 3.45. The van der Waals surface area contributed by atoms with Gasteiger partial charge in [-0.05, 0) is 43.1 Å². The molecule has 1 fully saturated rings. The molecule has 3 aliphatic carbocycles. The number of nitrogens with two attached hydrogens (primary N) is 1. The minimum Gasteiger partial charge on any atom is -0.508 e. The number of hydrogen-bond donors (Lipinski definition) is 3. The molecule has 3 aliphatic rings. The summed E-state index contributed by atoms with van der Waals surface area (Å²) in [5, 5.41) is 10.3. The van der Waals surface area contributed by atoms with E-state index in [2.05, 4.69) is 0 Å². The number of aliphatic hydroxyl groups excluding tert-OH is 1. The average Bonchev–Trinajstić information content (AvgIpc) is 2.84. The van der Waals surface area contributed by atoms with E-state index in [1.54, 1.807) is 24.3 Å². The predicted molar refractivity (Wildman–Crippen MR) is 128 cm³/mol. The van der Waals surface area contributed by atoms with Gasteiger partial charge in [0.2, 0.25) is 5.72 Å². The lowest BCUT2D eigenvalue weighted by atomic mass is 9.72. The highest BCUT2D eigenvalue weighted by atomic mass is 32.2. The van der Waals surface area contributed by atoms with Crippen molar-refractivity contribution in [2.75, 3.05) is 0 Å². The molecule has 2 unspecified atom stereocenters. The summed E-state index contributed by atoms with van der Waals surface area (Å²) < 4.78 is 40.5. The maximum atomic E-state index is 13.4. The average molecular weight is 496 g/mol. The van der Waals surface area contributed by atoms with Crippen LogP contribution in [0.5, 0.6) is 5.75 Å². The highest BCUT2D eigenvalue weighted by Gasteiger charge is 2.63. The predicted octanol–water partition coefficient (Wildman–Crippen LogP) is 3.71. The molecule has 0 saturated heterocycles. The van der Waals surface area contributed by atoms with Crippen molar-refractivity contribution in [1.82, 2.24) is 0 Å². The number of rotatable bonds is 4. The van der Waals surface area contributed by atoms with E-state index >= 15 is 0 Å². The lowest BCUT2D eigenvalue weighted by Crippen LogP contribution is -2.70. The second-order valence-corrected chi connectivity index (χ2v) is 10.9. The van der Waals surface area contributed by atoms with E-state index in [4.69, 9.17) is 10.5 Å². The van der Waals surface area contributed by atoms with Gasteiger partial charge in [-0.25, -0.2) is 0 Å². The fraction of sp³-hybridized carbons (Fsp3) is 0.308. The third-order valence-corrected chi connectivity index (χ3v) is 8.93. The van der Waals surface area contributed by atoms with Crippen molar-refractivity contribution >= 4 is 21.7 Å². The number of allylic oxidation sites excluding steroid dienone is 1. The SMILES string of the molecule is NC1(Oc2cccc3c2C(=O)c2ccccc2C3=O)C=CC(O)=CC1(C1CCCCC1)S(=O)(=O)O. The van der Waals surface area contributed by atoms with E-state index in [9.17, 15) is 27.7 Å². The Bertz CT molecular complexity index is 1400. The van der Waals surface area contributed by atoms with Crippen LogP contribution >= 0.6 is 0 Å². The molecule has 182 valence electrons. The van der Waals surface area contributed by atoms with Crippen LogP contribution in [-0.4, -0.2) is 40.1 Å². The summed E-state index contributed by atoms with van der Waals surface area (Å²) in [4.78, 5) is 26.5. The van der Waals surface area contributed by atoms with Gasteiger partial charge in [0.1, 0.15) is 11.5 Å². The fourth-order valence-corrected chi connectivity index (χ4v) is 7.11. The Labute approximate surface area is 202 Å². The standard InChI is InChI=1S/C26H25NO7S/c27-26(14-13-17(28)15-25(26,35(31,32)33)16-7-2-1-3-8-16)34-21-12-6-11-20-22(21)24(30)19-10-5-4-9-18(19)23(20)29/h4-6,9-16,28H,1-3,7-8,27H2,(H,31,32,33). The molecule has 2 aromatic carbocycles. The summed E-state index contributed by atoms with van der Waals surface area (Å²) in [5.74, 6) is -1.92. The van der Waals surface area contributed by atoms with Crippen molar-refractivity contribution in [2.24, 2.45) is 11.7 Å². The number of ketones is 2. The first-order chi connectivity index (χ1) is 16.6. The number of ether oxygens (including phenoxy) is 1. The minimum atomic E-state index is -4.93. The molecule has 2 atom stereocenters. The summed E-state index contributed by atoms with van der Waals surface area (Å²) in [5.41, 5.74) is 5.04. The van der Waals surface area contributed by atoms with Crippen LogP contribution < -0.4 is 10.5 Å². The first-order valence-corrected chi connectivity index (χ1v) is 12.9. The Balaban J connectivity index is 1.68.